The molecule has 0 spiro atoms. The van der Waals surface area contributed by atoms with Crippen molar-refractivity contribution in [3.05, 3.63) is 24.5 Å². The number of hydrogen-bond donors (Lipinski definition) is 1. The summed E-state index contributed by atoms with van der Waals surface area (Å²) < 4.78 is 25.6. The van der Waals surface area contributed by atoms with E-state index in [4.69, 9.17) is 0 Å². The predicted octanol–water partition coefficient (Wildman–Crippen LogP) is 1.16. The molecule has 5 heteroatoms. The van der Waals surface area contributed by atoms with E-state index in [0.29, 0.717) is 6.54 Å². The zero-order chi connectivity index (χ0) is 10.4. The van der Waals surface area contributed by atoms with Crippen LogP contribution in [0.1, 0.15) is 19.8 Å². The molecule has 14 heavy (non-hydrogen) atoms. The van der Waals surface area contributed by atoms with Gasteiger partial charge in [0.25, 0.3) is 0 Å². The van der Waals surface area contributed by atoms with Crippen molar-refractivity contribution >= 4 is 10.0 Å². The molecule has 0 radical (unpaired) electrons. The molecule has 1 rings (SSSR count). The summed E-state index contributed by atoms with van der Waals surface area (Å²) in [7, 11) is -3.35. The largest absolute Gasteiger partial charge is 0.263 e. The first-order valence-corrected chi connectivity index (χ1v) is 6.05. The van der Waals surface area contributed by atoms with Gasteiger partial charge >= 0.3 is 0 Å². The van der Waals surface area contributed by atoms with Crippen molar-refractivity contribution < 1.29 is 8.42 Å². The maximum Gasteiger partial charge on any atom is 0.242 e. The SMILES string of the molecule is CCCCNS(=O)(=O)c1cccnc1. The molecule has 0 aliphatic carbocycles. The van der Waals surface area contributed by atoms with Gasteiger partial charge in [-0.25, -0.2) is 13.1 Å². The van der Waals surface area contributed by atoms with Crippen molar-refractivity contribution in [2.24, 2.45) is 0 Å². The number of sulfonamides is 1. The lowest BCUT2D eigenvalue weighted by molar-refractivity contribution is 0.578. The van der Waals surface area contributed by atoms with E-state index in [9.17, 15) is 8.42 Å². The van der Waals surface area contributed by atoms with Gasteiger partial charge in [-0.05, 0) is 18.6 Å². The number of nitrogens with zero attached hydrogens (tertiary/aromatic N) is 1. The van der Waals surface area contributed by atoms with Gasteiger partial charge < -0.3 is 0 Å². The van der Waals surface area contributed by atoms with Gasteiger partial charge in [-0.15, -0.1) is 0 Å². The van der Waals surface area contributed by atoms with Crippen LogP contribution >= 0.6 is 0 Å². The van der Waals surface area contributed by atoms with Crippen LogP contribution in [0.3, 0.4) is 0 Å². The first-order valence-electron chi connectivity index (χ1n) is 4.56. The van der Waals surface area contributed by atoms with Crippen LogP contribution < -0.4 is 4.72 Å². The predicted molar refractivity (Wildman–Crippen MR) is 54.3 cm³/mol. The Balaban J connectivity index is 2.67. The number of aromatic nitrogens is 1. The standard InChI is InChI=1S/C9H14N2O2S/c1-2-3-7-11-14(12,13)9-5-4-6-10-8-9/h4-6,8,11H,2-3,7H2,1H3. The lowest BCUT2D eigenvalue weighted by Crippen LogP contribution is -2.24. The van der Waals surface area contributed by atoms with Gasteiger partial charge in [0.1, 0.15) is 4.90 Å². The third-order valence-corrected chi connectivity index (χ3v) is 3.21. The summed E-state index contributed by atoms with van der Waals surface area (Å²) in [5.74, 6) is 0. The van der Waals surface area contributed by atoms with E-state index < -0.39 is 10.0 Å². The van der Waals surface area contributed by atoms with Gasteiger partial charge in [0.05, 0.1) is 0 Å². The quantitative estimate of drug-likeness (QED) is 0.748. The normalized spacial score (nSPS) is 11.5. The van der Waals surface area contributed by atoms with Crippen molar-refractivity contribution in [1.82, 2.24) is 9.71 Å². The van der Waals surface area contributed by atoms with Crippen LogP contribution in [0.5, 0.6) is 0 Å². The maximum absolute atomic E-state index is 11.6. The second-order valence-electron chi connectivity index (χ2n) is 2.94. The van der Waals surface area contributed by atoms with Crippen LogP contribution in [0.25, 0.3) is 0 Å². The van der Waals surface area contributed by atoms with Crippen LogP contribution in [0.15, 0.2) is 29.4 Å². The highest BCUT2D eigenvalue weighted by Crippen LogP contribution is 2.04. The Morgan fingerprint density at radius 1 is 1.50 bits per heavy atom. The molecule has 1 heterocycles. The molecule has 0 bridgehead atoms. The van der Waals surface area contributed by atoms with Gasteiger partial charge in [-0.2, -0.15) is 0 Å². The molecule has 4 nitrogen and oxygen atoms in total. The first-order chi connectivity index (χ1) is 6.67. The third kappa shape index (κ3) is 3.08. The van der Waals surface area contributed by atoms with Crippen LogP contribution in [-0.2, 0) is 10.0 Å². The molecule has 1 aromatic rings. The Bertz CT molecular complexity index is 362. The zero-order valence-electron chi connectivity index (χ0n) is 8.10. The van der Waals surface area contributed by atoms with E-state index in [1.54, 1.807) is 12.3 Å². The molecule has 0 atom stereocenters. The monoisotopic (exact) mass is 214 g/mol. The lowest BCUT2D eigenvalue weighted by Gasteiger charge is -2.04. The molecule has 78 valence electrons. The molecule has 0 aliphatic heterocycles. The fourth-order valence-electron chi connectivity index (χ4n) is 0.973. The fourth-order valence-corrected chi connectivity index (χ4v) is 2.01. The van der Waals surface area contributed by atoms with Crippen LogP contribution in [0.4, 0.5) is 0 Å². The number of hydrogen-bond acceptors (Lipinski definition) is 3. The molecule has 1 N–H and O–H groups in total. The Morgan fingerprint density at radius 3 is 2.86 bits per heavy atom. The van der Waals surface area contributed by atoms with Crippen molar-refractivity contribution in [3.63, 3.8) is 0 Å². The van der Waals surface area contributed by atoms with Gasteiger partial charge in [0.2, 0.25) is 10.0 Å². The first kappa shape index (κ1) is 11.1. The molecule has 0 saturated heterocycles. The number of rotatable bonds is 5. The summed E-state index contributed by atoms with van der Waals surface area (Å²) in [6.45, 7) is 2.49. The maximum atomic E-state index is 11.6. The Morgan fingerprint density at radius 2 is 2.29 bits per heavy atom. The van der Waals surface area contributed by atoms with Crippen molar-refractivity contribution in [1.29, 1.82) is 0 Å². The highest BCUT2D eigenvalue weighted by Gasteiger charge is 2.11. The average molecular weight is 214 g/mol. The van der Waals surface area contributed by atoms with Gasteiger partial charge in [0, 0.05) is 18.9 Å². The van der Waals surface area contributed by atoms with E-state index in [0.717, 1.165) is 12.8 Å². The smallest absolute Gasteiger partial charge is 0.242 e. The minimum atomic E-state index is -3.35. The molecule has 0 saturated carbocycles. The molecule has 0 unspecified atom stereocenters. The van der Waals surface area contributed by atoms with Crippen molar-refractivity contribution in [2.75, 3.05) is 6.54 Å². The molecule has 1 aromatic heterocycles. The Hall–Kier alpha value is -0.940. The summed E-state index contributed by atoms with van der Waals surface area (Å²) in [5.41, 5.74) is 0. The zero-order valence-corrected chi connectivity index (χ0v) is 8.92. The van der Waals surface area contributed by atoms with Crippen LogP contribution in [0.2, 0.25) is 0 Å². The number of pyridine rings is 1. The van der Waals surface area contributed by atoms with Gasteiger partial charge in [0.15, 0.2) is 0 Å². The van der Waals surface area contributed by atoms with Crippen molar-refractivity contribution in [2.45, 2.75) is 24.7 Å². The minimum absolute atomic E-state index is 0.219. The van der Waals surface area contributed by atoms with Gasteiger partial charge in [-0.1, -0.05) is 13.3 Å². The van der Waals surface area contributed by atoms with Crippen LogP contribution in [0, 0.1) is 0 Å². The highest BCUT2D eigenvalue weighted by atomic mass is 32.2. The Labute approximate surface area is 84.4 Å². The number of unbranched alkanes of at least 4 members (excludes halogenated alkanes) is 1. The lowest BCUT2D eigenvalue weighted by atomic mass is 10.3. The molecule has 0 aliphatic rings. The number of nitrogens with one attached hydrogen (secondary N) is 1. The second kappa shape index (κ2) is 5.07. The highest BCUT2D eigenvalue weighted by molar-refractivity contribution is 7.89. The fraction of sp³-hybridized carbons (Fsp3) is 0.444. The average Bonchev–Trinajstić information content (AvgIpc) is 2.19. The molecular formula is C9H14N2O2S. The summed E-state index contributed by atoms with van der Waals surface area (Å²) in [6.07, 6.45) is 4.70. The van der Waals surface area contributed by atoms with E-state index in [2.05, 4.69) is 9.71 Å². The van der Waals surface area contributed by atoms with E-state index in [1.807, 2.05) is 6.92 Å². The third-order valence-electron chi connectivity index (χ3n) is 1.77. The van der Waals surface area contributed by atoms with Gasteiger partial charge in [-0.3, -0.25) is 4.98 Å². The second-order valence-corrected chi connectivity index (χ2v) is 4.71. The molecule has 0 amide bonds. The minimum Gasteiger partial charge on any atom is -0.263 e. The summed E-state index contributed by atoms with van der Waals surface area (Å²) >= 11 is 0. The van der Waals surface area contributed by atoms with E-state index in [1.165, 1.54) is 12.3 Å². The van der Waals surface area contributed by atoms with E-state index >= 15 is 0 Å². The molecular weight excluding hydrogens is 200 g/mol. The topological polar surface area (TPSA) is 59.1 Å². The Kier molecular flexibility index (Phi) is 4.03. The summed E-state index contributed by atoms with van der Waals surface area (Å²) in [6, 6.07) is 3.13. The van der Waals surface area contributed by atoms with Crippen molar-refractivity contribution in [3.8, 4) is 0 Å². The molecule has 0 aromatic carbocycles. The van der Waals surface area contributed by atoms with Crippen LogP contribution in [-0.4, -0.2) is 19.9 Å². The van der Waals surface area contributed by atoms with E-state index in [-0.39, 0.29) is 4.90 Å². The summed E-state index contributed by atoms with van der Waals surface area (Å²) in [5, 5.41) is 0. The molecule has 0 fully saturated rings. The summed E-state index contributed by atoms with van der Waals surface area (Å²) in [4.78, 5) is 3.98.